The lowest BCUT2D eigenvalue weighted by Gasteiger charge is -2.07. The summed E-state index contributed by atoms with van der Waals surface area (Å²) in [7, 11) is -3.39. The lowest BCUT2D eigenvalue weighted by Crippen LogP contribution is -2.09. The Morgan fingerprint density at radius 3 is 2.71 bits per heavy atom. The summed E-state index contributed by atoms with van der Waals surface area (Å²) < 4.78 is 54.7. The normalized spacial score (nSPS) is 11.7. The van der Waals surface area contributed by atoms with E-state index in [1.54, 1.807) is 41.5 Å². The summed E-state index contributed by atoms with van der Waals surface area (Å²) in [6, 6.07) is 12.3. The number of fused-ring (bicyclic) bond motifs is 1. The number of halogens is 2. The van der Waals surface area contributed by atoms with Crippen LogP contribution in [0, 0.1) is 11.6 Å². The first-order valence-corrected chi connectivity index (χ1v) is 12.2. The van der Waals surface area contributed by atoms with E-state index in [4.69, 9.17) is 0 Å². The number of hydrogen-bond donors (Lipinski definition) is 2. The van der Waals surface area contributed by atoms with Gasteiger partial charge in [0.1, 0.15) is 17.3 Å². The Kier molecular flexibility index (Phi) is 5.37. The predicted octanol–water partition coefficient (Wildman–Crippen LogP) is 4.79. The Hall–Kier alpha value is -4.05. The lowest BCUT2D eigenvalue weighted by molar-refractivity contribution is 0.566. The molecule has 34 heavy (non-hydrogen) atoms. The van der Waals surface area contributed by atoms with Gasteiger partial charge in [-0.2, -0.15) is 5.10 Å². The number of sulfonamides is 1. The van der Waals surface area contributed by atoms with E-state index < -0.39 is 21.7 Å². The van der Waals surface area contributed by atoms with Gasteiger partial charge in [-0.1, -0.05) is 12.1 Å². The molecule has 2 aromatic carbocycles. The monoisotopic (exact) mass is 479 g/mol. The third kappa shape index (κ3) is 4.53. The fourth-order valence-corrected chi connectivity index (χ4v) is 4.36. The quantitative estimate of drug-likeness (QED) is 0.366. The number of nitrogens with one attached hydrogen (secondary N) is 2. The number of rotatable bonds is 6. The molecule has 0 aliphatic rings. The van der Waals surface area contributed by atoms with E-state index in [0.717, 1.165) is 52.1 Å². The van der Waals surface area contributed by atoms with Gasteiger partial charge in [-0.15, -0.1) is 0 Å². The SMILES string of the molecule is CS(=O)(=O)Nc1cccc(-c2cnc3[nH]cc(-c4cnn(Cc5cc(F)ccc5F)c4)c3c2)c1. The van der Waals surface area contributed by atoms with Crippen LogP contribution in [0.2, 0.25) is 0 Å². The number of aromatic amines is 1. The number of aromatic nitrogens is 4. The van der Waals surface area contributed by atoms with E-state index in [0.29, 0.717) is 11.3 Å². The minimum absolute atomic E-state index is 0.0928. The van der Waals surface area contributed by atoms with Gasteiger partial charge in [0.15, 0.2) is 0 Å². The number of benzene rings is 2. The number of pyridine rings is 1. The molecule has 0 spiro atoms. The molecule has 2 N–H and O–H groups in total. The zero-order chi connectivity index (χ0) is 23.9. The molecule has 10 heteroatoms. The van der Waals surface area contributed by atoms with Crippen LogP contribution in [0.4, 0.5) is 14.5 Å². The second-order valence-electron chi connectivity index (χ2n) is 7.94. The highest BCUT2D eigenvalue weighted by Crippen LogP contribution is 2.31. The number of H-pyrrole nitrogens is 1. The molecule has 172 valence electrons. The molecule has 3 heterocycles. The van der Waals surface area contributed by atoms with Crippen molar-refractivity contribution in [1.29, 1.82) is 0 Å². The third-order valence-electron chi connectivity index (χ3n) is 5.31. The second-order valence-corrected chi connectivity index (χ2v) is 9.69. The van der Waals surface area contributed by atoms with Crippen LogP contribution in [0.15, 0.2) is 73.3 Å². The molecule has 0 amide bonds. The zero-order valence-electron chi connectivity index (χ0n) is 18.0. The van der Waals surface area contributed by atoms with E-state index in [1.807, 2.05) is 18.3 Å². The van der Waals surface area contributed by atoms with E-state index in [-0.39, 0.29) is 12.1 Å². The summed E-state index contributed by atoms with van der Waals surface area (Å²) in [5.41, 5.74) is 4.58. The van der Waals surface area contributed by atoms with Gasteiger partial charge in [0, 0.05) is 51.9 Å². The minimum Gasteiger partial charge on any atom is -0.346 e. The zero-order valence-corrected chi connectivity index (χ0v) is 18.8. The molecule has 0 saturated carbocycles. The molecule has 0 radical (unpaired) electrons. The molecular weight excluding hydrogens is 460 g/mol. The Balaban J connectivity index is 1.48. The van der Waals surface area contributed by atoms with Crippen molar-refractivity contribution in [3.05, 3.63) is 90.5 Å². The summed E-state index contributed by atoms with van der Waals surface area (Å²) in [5, 5.41) is 5.14. The van der Waals surface area contributed by atoms with Crippen LogP contribution >= 0.6 is 0 Å². The van der Waals surface area contributed by atoms with Crippen LogP contribution in [0.3, 0.4) is 0 Å². The van der Waals surface area contributed by atoms with E-state index in [1.165, 1.54) is 0 Å². The Labute approximate surface area is 194 Å². The number of hydrogen-bond acceptors (Lipinski definition) is 4. The standard InChI is InChI=1S/C24H19F2N5O2S/c1-34(32,33)30-20-4-2-3-15(8-20)16-9-21-22(12-28-24(21)27-10-16)18-11-29-31(14-18)13-17-7-19(25)5-6-23(17)26/h2-12,14,30H,13H2,1H3,(H,27,28). The maximum atomic E-state index is 14.0. The maximum Gasteiger partial charge on any atom is 0.229 e. The van der Waals surface area contributed by atoms with Crippen molar-refractivity contribution in [2.24, 2.45) is 0 Å². The topological polar surface area (TPSA) is 92.7 Å². The fraction of sp³-hybridized carbons (Fsp3) is 0.0833. The van der Waals surface area contributed by atoms with Gasteiger partial charge < -0.3 is 4.98 Å². The maximum absolute atomic E-state index is 14.0. The van der Waals surface area contributed by atoms with E-state index >= 15 is 0 Å². The number of nitrogens with zero attached hydrogens (tertiary/aromatic N) is 3. The minimum atomic E-state index is -3.39. The lowest BCUT2D eigenvalue weighted by atomic mass is 10.0. The summed E-state index contributed by atoms with van der Waals surface area (Å²) in [5.74, 6) is -0.998. The van der Waals surface area contributed by atoms with E-state index in [2.05, 4.69) is 19.8 Å². The highest BCUT2D eigenvalue weighted by Gasteiger charge is 2.13. The van der Waals surface area contributed by atoms with Crippen molar-refractivity contribution in [3.63, 3.8) is 0 Å². The largest absolute Gasteiger partial charge is 0.346 e. The first kappa shape index (κ1) is 21.8. The van der Waals surface area contributed by atoms with Crippen molar-refractivity contribution >= 4 is 26.7 Å². The van der Waals surface area contributed by atoms with Gasteiger partial charge in [-0.05, 0) is 42.0 Å². The first-order valence-electron chi connectivity index (χ1n) is 10.3. The van der Waals surface area contributed by atoms with Gasteiger partial charge in [-0.3, -0.25) is 9.40 Å². The van der Waals surface area contributed by atoms with Crippen LogP contribution in [0.25, 0.3) is 33.3 Å². The van der Waals surface area contributed by atoms with Crippen molar-refractivity contribution < 1.29 is 17.2 Å². The van der Waals surface area contributed by atoms with Crippen LogP contribution in [0.5, 0.6) is 0 Å². The molecule has 3 aromatic heterocycles. The van der Waals surface area contributed by atoms with Crippen molar-refractivity contribution in [2.45, 2.75) is 6.54 Å². The highest BCUT2D eigenvalue weighted by molar-refractivity contribution is 7.92. The van der Waals surface area contributed by atoms with Crippen LogP contribution < -0.4 is 4.72 Å². The third-order valence-corrected chi connectivity index (χ3v) is 5.92. The van der Waals surface area contributed by atoms with Crippen LogP contribution in [-0.2, 0) is 16.6 Å². The predicted molar refractivity (Wildman–Crippen MR) is 127 cm³/mol. The molecule has 0 fully saturated rings. The average Bonchev–Trinajstić information content (AvgIpc) is 3.41. The molecule has 0 bridgehead atoms. The first-order chi connectivity index (χ1) is 16.2. The van der Waals surface area contributed by atoms with Gasteiger partial charge in [-0.25, -0.2) is 22.2 Å². The molecular formula is C24H19F2N5O2S. The van der Waals surface area contributed by atoms with Gasteiger partial charge in [0.2, 0.25) is 10.0 Å². The molecule has 5 aromatic rings. The molecule has 0 aliphatic heterocycles. The Morgan fingerprint density at radius 1 is 1.03 bits per heavy atom. The van der Waals surface area contributed by atoms with Crippen molar-refractivity contribution in [1.82, 2.24) is 19.7 Å². The van der Waals surface area contributed by atoms with E-state index in [9.17, 15) is 17.2 Å². The molecule has 7 nitrogen and oxygen atoms in total. The molecule has 0 atom stereocenters. The number of anilines is 1. The summed E-state index contributed by atoms with van der Waals surface area (Å²) in [6.07, 6.45) is 8.03. The summed E-state index contributed by atoms with van der Waals surface area (Å²) >= 11 is 0. The average molecular weight is 480 g/mol. The smallest absolute Gasteiger partial charge is 0.229 e. The summed E-state index contributed by atoms with van der Waals surface area (Å²) in [6.45, 7) is 0.0928. The van der Waals surface area contributed by atoms with Gasteiger partial charge in [0.25, 0.3) is 0 Å². The fourth-order valence-electron chi connectivity index (χ4n) is 3.80. The molecule has 0 saturated heterocycles. The van der Waals surface area contributed by atoms with Crippen molar-refractivity contribution in [2.75, 3.05) is 11.0 Å². The Morgan fingerprint density at radius 2 is 1.88 bits per heavy atom. The van der Waals surface area contributed by atoms with Crippen LogP contribution in [0.1, 0.15) is 5.56 Å². The van der Waals surface area contributed by atoms with Gasteiger partial charge >= 0.3 is 0 Å². The molecule has 0 aliphatic carbocycles. The van der Waals surface area contributed by atoms with Gasteiger partial charge in [0.05, 0.1) is 19.0 Å². The highest BCUT2D eigenvalue weighted by atomic mass is 32.2. The summed E-state index contributed by atoms with van der Waals surface area (Å²) in [4.78, 5) is 7.63. The Bertz CT molecular complexity index is 1630. The van der Waals surface area contributed by atoms with Crippen molar-refractivity contribution in [3.8, 4) is 22.3 Å². The van der Waals surface area contributed by atoms with Crippen LogP contribution in [-0.4, -0.2) is 34.4 Å². The second kappa shape index (κ2) is 8.38. The molecule has 5 rings (SSSR count). The molecule has 0 unspecified atom stereocenters.